The molecule has 0 unspecified atom stereocenters. The van der Waals surface area contributed by atoms with Crippen molar-refractivity contribution in [2.75, 3.05) is 13.1 Å². The molecule has 0 aromatic carbocycles. The number of carbonyl (C=O) groups excluding carboxylic acids is 2. The Hall–Kier alpha value is -0.680. The van der Waals surface area contributed by atoms with Gasteiger partial charge in [-0.25, -0.2) is 0 Å². The lowest BCUT2D eigenvalue weighted by Gasteiger charge is -2.00. The lowest BCUT2D eigenvalue weighted by molar-refractivity contribution is -0.125. The Morgan fingerprint density at radius 3 is 2.62 bits per heavy atom. The molecule has 0 bridgehead atoms. The Balaban J connectivity index is 1.73. The molecule has 1 saturated heterocycles. The molecule has 1 amide bonds. The van der Waals surface area contributed by atoms with E-state index in [1.807, 2.05) is 12.1 Å². The third-order valence-electron chi connectivity index (χ3n) is 2.44. The molecule has 1 aliphatic rings. The van der Waals surface area contributed by atoms with E-state index >= 15 is 0 Å². The predicted octanol–water partition coefficient (Wildman–Crippen LogP) is 2.71. The van der Waals surface area contributed by atoms with Crippen molar-refractivity contribution in [3.05, 3.63) is 20.8 Å². The summed E-state index contributed by atoms with van der Waals surface area (Å²) < 4.78 is 0.969. The normalized spacial score (nSPS) is 13.9. The Bertz CT molecular complexity index is 412. The number of nitrogens with zero attached hydrogens (tertiary/aromatic N) is 1. The van der Waals surface area contributed by atoms with Crippen LogP contribution in [0.3, 0.4) is 0 Å². The standard InChI is InChI=1S/C11H12BrNO2S/c12-10-5-4-9(16-10)8(14)2-1-3-11(15)13-6-7-13/h4-5H,1-3,6-7H2. The lowest BCUT2D eigenvalue weighted by Crippen LogP contribution is -2.10. The van der Waals surface area contributed by atoms with E-state index in [1.165, 1.54) is 11.3 Å². The second-order valence-electron chi connectivity index (χ2n) is 3.76. The first-order valence-corrected chi connectivity index (χ1v) is 6.84. The summed E-state index contributed by atoms with van der Waals surface area (Å²) in [7, 11) is 0. The zero-order valence-corrected chi connectivity index (χ0v) is 11.1. The van der Waals surface area contributed by atoms with Crippen molar-refractivity contribution >= 4 is 39.0 Å². The van der Waals surface area contributed by atoms with Crippen molar-refractivity contribution in [1.29, 1.82) is 0 Å². The van der Waals surface area contributed by atoms with Crippen LogP contribution in [0.2, 0.25) is 0 Å². The van der Waals surface area contributed by atoms with Gasteiger partial charge in [-0.05, 0) is 34.5 Å². The largest absolute Gasteiger partial charge is 0.339 e. The highest BCUT2D eigenvalue weighted by molar-refractivity contribution is 9.11. The lowest BCUT2D eigenvalue weighted by atomic mass is 10.1. The van der Waals surface area contributed by atoms with Gasteiger partial charge in [-0.2, -0.15) is 0 Å². The summed E-state index contributed by atoms with van der Waals surface area (Å²) in [5.74, 6) is 0.314. The Labute approximate surface area is 107 Å². The quantitative estimate of drug-likeness (QED) is 0.619. The van der Waals surface area contributed by atoms with Crippen LogP contribution in [0, 0.1) is 0 Å². The van der Waals surface area contributed by atoms with E-state index in [2.05, 4.69) is 15.9 Å². The average molecular weight is 302 g/mol. The molecule has 2 rings (SSSR count). The highest BCUT2D eigenvalue weighted by Gasteiger charge is 2.23. The fourth-order valence-electron chi connectivity index (χ4n) is 1.45. The number of ketones is 1. The van der Waals surface area contributed by atoms with Crippen LogP contribution < -0.4 is 0 Å². The molecule has 0 saturated carbocycles. The van der Waals surface area contributed by atoms with Crippen molar-refractivity contribution in [3.63, 3.8) is 0 Å². The first-order chi connectivity index (χ1) is 7.66. The summed E-state index contributed by atoms with van der Waals surface area (Å²) in [5, 5.41) is 0. The van der Waals surface area contributed by atoms with Crippen LogP contribution in [0.5, 0.6) is 0 Å². The van der Waals surface area contributed by atoms with Crippen LogP contribution in [-0.4, -0.2) is 29.7 Å². The van der Waals surface area contributed by atoms with Gasteiger partial charge in [0.05, 0.1) is 8.66 Å². The van der Waals surface area contributed by atoms with E-state index in [1.54, 1.807) is 4.90 Å². The van der Waals surface area contributed by atoms with Crippen LogP contribution in [-0.2, 0) is 4.79 Å². The number of hydrogen-bond acceptors (Lipinski definition) is 3. The molecule has 3 nitrogen and oxygen atoms in total. The number of thiophene rings is 1. The Morgan fingerprint density at radius 2 is 2.06 bits per heavy atom. The number of amides is 1. The van der Waals surface area contributed by atoms with E-state index in [9.17, 15) is 9.59 Å². The monoisotopic (exact) mass is 301 g/mol. The molecule has 2 heterocycles. The molecule has 16 heavy (non-hydrogen) atoms. The zero-order valence-electron chi connectivity index (χ0n) is 8.74. The van der Waals surface area contributed by atoms with Gasteiger partial charge >= 0.3 is 0 Å². The number of halogens is 1. The minimum atomic E-state index is 0.134. The van der Waals surface area contributed by atoms with Crippen molar-refractivity contribution in [2.24, 2.45) is 0 Å². The molecule has 1 aromatic rings. The van der Waals surface area contributed by atoms with Gasteiger partial charge in [0.2, 0.25) is 5.91 Å². The van der Waals surface area contributed by atoms with Gasteiger partial charge in [-0.3, -0.25) is 9.59 Å². The Kier molecular flexibility index (Phi) is 3.76. The maximum Gasteiger partial charge on any atom is 0.222 e. The Morgan fingerprint density at radius 1 is 1.31 bits per heavy atom. The molecule has 0 spiro atoms. The van der Waals surface area contributed by atoms with Gasteiger partial charge < -0.3 is 4.90 Å². The van der Waals surface area contributed by atoms with Crippen molar-refractivity contribution in [2.45, 2.75) is 19.3 Å². The third kappa shape index (κ3) is 3.15. The number of rotatable bonds is 5. The molecule has 1 aromatic heterocycles. The third-order valence-corrected chi connectivity index (χ3v) is 4.11. The first-order valence-electron chi connectivity index (χ1n) is 5.23. The van der Waals surface area contributed by atoms with E-state index in [-0.39, 0.29) is 11.7 Å². The SMILES string of the molecule is O=C(CCCC(=O)N1CC1)c1ccc(Br)s1. The molecule has 0 atom stereocenters. The molecule has 0 radical (unpaired) electrons. The van der Waals surface area contributed by atoms with E-state index in [0.717, 1.165) is 21.8 Å². The van der Waals surface area contributed by atoms with Gasteiger partial charge in [0, 0.05) is 25.9 Å². The molecule has 1 fully saturated rings. The van der Waals surface area contributed by atoms with Crippen LogP contribution in [0.25, 0.3) is 0 Å². The van der Waals surface area contributed by atoms with E-state index < -0.39 is 0 Å². The molecule has 86 valence electrons. The summed E-state index contributed by atoms with van der Waals surface area (Å²) in [5.41, 5.74) is 0. The van der Waals surface area contributed by atoms with Crippen LogP contribution in [0.1, 0.15) is 28.9 Å². The molecule has 0 aliphatic carbocycles. The fraction of sp³-hybridized carbons (Fsp3) is 0.455. The van der Waals surface area contributed by atoms with E-state index in [4.69, 9.17) is 0 Å². The predicted molar refractivity (Wildman–Crippen MR) is 66.8 cm³/mol. The van der Waals surface area contributed by atoms with Crippen molar-refractivity contribution in [1.82, 2.24) is 4.90 Å². The molecule has 1 aliphatic heterocycles. The number of hydrogen-bond donors (Lipinski definition) is 0. The second kappa shape index (κ2) is 5.10. The van der Waals surface area contributed by atoms with Crippen LogP contribution in [0.15, 0.2) is 15.9 Å². The average Bonchev–Trinajstić information content (AvgIpc) is 3.01. The highest BCUT2D eigenvalue weighted by atomic mass is 79.9. The molecule has 0 N–H and O–H groups in total. The molecular weight excluding hydrogens is 290 g/mol. The van der Waals surface area contributed by atoms with Gasteiger partial charge in [0.1, 0.15) is 0 Å². The minimum absolute atomic E-state index is 0.134. The van der Waals surface area contributed by atoms with Gasteiger partial charge in [-0.15, -0.1) is 11.3 Å². The van der Waals surface area contributed by atoms with E-state index in [0.29, 0.717) is 19.3 Å². The summed E-state index contributed by atoms with van der Waals surface area (Å²) in [6.07, 6.45) is 1.62. The van der Waals surface area contributed by atoms with Crippen LogP contribution in [0.4, 0.5) is 0 Å². The zero-order chi connectivity index (χ0) is 11.5. The highest BCUT2D eigenvalue weighted by Crippen LogP contribution is 2.23. The molecular formula is C11H12BrNO2S. The van der Waals surface area contributed by atoms with Gasteiger partial charge in [0.25, 0.3) is 0 Å². The van der Waals surface area contributed by atoms with Crippen molar-refractivity contribution < 1.29 is 9.59 Å². The summed E-state index contributed by atoms with van der Waals surface area (Å²) in [6.45, 7) is 1.79. The molecule has 5 heteroatoms. The van der Waals surface area contributed by atoms with Gasteiger partial charge in [-0.1, -0.05) is 0 Å². The van der Waals surface area contributed by atoms with Crippen molar-refractivity contribution in [3.8, 4) is 0 Å². The number of carbonyl (C=O) groups is 2. The second-order valence-corrected chi connectivity index (χ2v) is 6.22. The fourth-order valence-corrected chi connectivity index (χ4v) is 2.80. The summed E-state index contributed by atoms with van der Waals surface area (Å²) in [4.78, 5) is 25.6. The topological polar surface area (TPSA) is 37.1 Å². The maximum absolute atomic E-state index is 11.7. The smallest absolute Gasteiger partial charge is 0.222 e. The summed E-state index contributed by atoms with van der Waals surface area (Å²) in [6, 6.07) is 3.70. The first kappa shape index (κ1) is 11.8. The van der Waals surface area contributed by atoms with Gasteiger partial charge in [0.15, 0.2) is 5.78 Å². The summed E-state index contributed by atoms with van der Waals surface area (Å²) >= 11 is 4.77. The van der Waals surface area contributed by atoms with Crippen LogP contribution >= 0.6 is 27.3 Å². The maximum atomic E-state index is 11.7. The minimum Gasteiger partial charge on any atom is -0.339 e. The number of Topliss-reactive ketones (excluding diaryl/α,β-unsaturated/α-hetero) is 1.